The summed E-state index contributed by atoms with van der Waals surface area (Å²) < 4.78 is 1.14. The summed E-state index contributed by atoms with van der Waals surface area (Å²) in [5.41, 5.74) is 4.00. The molecule has 20 heavy (non-hydrogen) atoms. The van der Waals surface area contributed by atoms with E-state index in [0.717, 1.165) is 17.3 Å². The highest BCUT2D eigenvalue weighted by molar-refractivity contribution is 9.10. The van der Waals surface area contributed by atoms with Crippen molar-refractivity contribution in [2.75, 3.05) is 5.32 Å². The Kier molecular flexibility index (Phi) is 5.66. The highest BCUT2D eigenvalue weighted by Crippen LogP contribution is 2.27. The molecule has 2 heteroatoms. The van der Waals surface area contributed by atoms with Crippen LogP contribution in [0.25, 0.3) is 0 Å². The van der Waals surface area contributed by atoms with Crippen LogP contribution in [-0.4, -0.2) is 0 Å². The smallest absolute Gasteiger partial charge is 0.0511 e. The van der Waals surface area contributed by atoms with Gasteiger partial charge in [0.15, 0.2) is 0 Å². The molecule has 1 atom stereocenters. The molecule has 0 bridgehead atoms. The lowest BCUT2D eigenvalue weighted by Gasteiger charge is -2.21. The van der Waals surface area contributed by atoms with Crippen LogP contribution in [-0.2, 0) is 6.42 Å². The van der Waals surface area contributed by atoms with E-state index in [4.69, 9.17) is 0 Å². The molecule has 2 rings (SSSR count). The van der Waals surface area contributed by atoms with Crippen LogP contribution in [0.5, 0.6) is 0 Å². The van der Waals surface area contributed by atoms with Crippen LogP contribution in [0.15, 0.2) is 53.0 Å². The van der Waals surface area contributed by atoms with Crippen molar-refractivity contribution in [1.82, 2.24) is 0 Å². The van der Waals surface area contributed by atoms with Crippen LogP contribution in [0.2, 0.25) is 0 Å². The largest absolute Gasteiger partial charge is 0.378 e. The summed E-state index contributed by atoms with van der Waals surface area (Å²) in [4.78, 5) is 0. The van der Waals surface area contributed by atoms with E-state index in [0.29, 0.717) is 6.04 Å². The van der Waals surface area contributed by atoms with Gasteiger partial charge in [-0.05, 0) is 42.2 Å². The lowest BCUT2D eigenvalue weighted by atomic mass is 10.0. The Morgan fingerprint density at radius 2 is 1.85 bits per heavy atom. The molecular formula is C18H22BrN. The molecule has 0 saturated carbocycles. The van der Waals surface area contributed by atoms with Crippen LogP contribution in [0, 0.1) is 0 Å². The van der Waals surface area contributed by atoms with Gasteiger partial charge < -0.3 is 5.32 Å². The van der Waals surface area contributed by atoms with Gasteiger partial charge in [0.1, 0.15) is 0 Å². The predicted octanol–water partition coefficient (Wildman–Crippen LogP) is 5.96. The van der Waals surface area contributed by atoms with E-state index in [-0.39, 0.29) is 0 Å². The molecule has 1 N–H and O–H groups in total. The summed E-state index contributed by atoms with van der Waals surface area (Å²) in [5, 5.41) is 3.70. The number of benzene rings is 2. The Morgan fingerprint density at radius 1 is 1.05 bits per heavy atom. The van der Waals surface area contributed by atoms with Crippen LogP contribution in [0.4, 0.5) is 5.69 Å². The fraction of sp³-hybridized carbons (Fsp3) is 0.333. The van der Waals surface area contributed by atoms with E-state index in [1.54, 1.807) is 0 Å². The SMILES string of the molecule is CCCc1ccccc1NC(CC)c1cccc(Br)c1. The van der Waals surface area contributed by atoms with Crippen molar-refractivity contribution in [3.05, 3.63) is 64.1 Å². The average Bonchev–Trinajstić information content (AvgIpc) is 2.46. The zero-order valence-corrected chi connectivity index (χ0v) is 13.8. The van der Waals surface area contributed by atoms with Gasteiger partial charge in [0.25, 0.3) is 0 Å². The Balaban J connectivity index is 2.22. The fourth-order valence-corrected chi connectivity index (χ4v) is 2.90. The lowest BCUT2D eigenvalue weighted by Crippen LogP contribution is -2.11. The van der Waals surface area contributed by atoms with E-state index in [9.17, 15) is 0 Å². The minimum absolute atomic E-state index is 0.352. The molecule has 0 heterocycles. The lowest BCUT2D eigenvalue weighted by molar-refractivity contribution is 0.745. The molecule has 0 radical (unpaired) electrons. The number of hydrogen-bond acceptors (Lipinski definition) is 1. The molecule has 0 aliphatic carbocycles. The second-order valence-corrected chi connectivity index (χ2v) is 5.98. The van der Waals surface area contributed by atoms with Crippen molar-refractivity contribution in [2.24, 2.45) is 0 Å². The molecule has 1 nitrogen and oxygen atoms in total. The van der Waals surface area contributed by atoms with Gasteiger partial charge in [-0.3, -0.25) is 0 Å². The Hall–Kier alpha value is -1.28. The summed E-state index contributed by atoms with van der Waals surface area (Å²) in [7, 11) is 0. The number of halogens is 1. The maximum absolute atomic E-state index is 3.70. The van der Waals surface area contributed by atoms with Crippen molar-refractivity contribution < 1.29 is 0 Å². The van der Waals surface area contributed by atoms with Gasteiger partial charge in [0.2, 0.25) is 0 Å². The van der Waals surface area contributed by atoms with Crippen LogP contribution >= 0.6 is 15.9 Å². The highest BCUT2D eigenvalue weighted by Gasteiger charge is 2.11. The minimum atomic E-state index is 0.352. The van der Waals surface area contributed by atoms with Gasteiger partial charge in [-0.15, -0.1) is 0 Å². The molecular weight excluding hydrogens is 310 g/mol. The summed E-state index contributed by atoms with van der Waals surface area (Å²) in [6.45, 7) is 4.45. The Morgan fingerprint density at radius 3 is 2.55 bits per heavy atom. The van der Waals surface area contributed by atoms with Crippen LogP contribution in [0.1, 0.15) is 43.9 Å². The molecule has 1 unspecified atom stereocenters. The van der Waals surface area contributed by atoms with E-state index in [1.807, 2.05) is 0 Å². The normalized spacial score (nSPS) is 12.2. The topological polar surface area (TPSA) is 12.0 Å². The van der Waals surface area contributed by atoms with Gasteiger partial charge in [0.05, 0.1) is 6.04 Å². The van der Waals surface area contributed by atoms with Gasteiger partial charge in [-0.2, -0.15) is 0 Å². The molecule has 0 amide bonds. The van der Waals surface area contributed by atoms with Crippen molar-refractivity contribution >= 4 is 21.6 Å². The van der Waals surface area contributed by atoms with Crippen molar-refractivity contribution in [3.8, 4) is 0 Å². The van der Waals surface area contributed by atoms with Crippen molar-refractivity contribution in [3.63, 3.8) is 0 Å². The quantitative estimate of drug-likeness (QED) is 0.688. The third kappa shape index (κ3) is 3.86. The number of para-hydroxylation sites is 1. The molecule has 0 aliphatic heterocycles. The van der Waals surface area contributed by atoms with Crippen molar-refractivity contribution in [1.29, 1.82) is 0 Å². The van der Waals surface area contributed by atoms with Crippen molar-refractivity contribution in [2.45, 2.75) is 39.2 Å². The zero-order valence-electron chi connectivity index (χ0n) is 12.2. The summed E-state index contributed by atoms with van der Waals surface area (Å²) in [6, 6.07) is 17.5. The third-order valence-electron chi connectivity index (χ3n) is 3.53. The van der Waals surface area contributed by atoms with E-state index >= 15 is 0 Å². The predicted molar refractivity (Wildman–Crippen MR) is 91.2 cm³/mol. The molecule has 0 aromatic heterocycles. The third-order valence-corrected chi connectivity index (χ3v) is 4.02. The molecule has 2 aromatic rings. The van der Waals surface area contributed by atoms with E-state index in [1.165, 1.54) is 23.2 Å². The first-order chi connectivity index (χ1) is 9.74. The number of anilines is 1. The number of rotatable bonds is 6. The van der Waals surface area contributed by atoms with Gasteiger partial charge in [-0.25, -0.2) is 0 Å². The van der Waals surface area contributed by atoms with Crippen LogP contribution < -0.4 is 5.32 Å². The summed E-state index contributed by atoms with van der Waals surface area (Å²) in [6.07, 6.45) is 3.36. The second-order valence-electron chi connectivity index (χ2n) is 5.07. The van der Waals surface area contributed by atoms with Gasteiger partial charge in [0, 0.05) is 10.2 Å². The molecule has 0 fully saturated rings. The second kappa shape index (κ2) is 7.49. The first-order valence-electron chi connectivity index (χ1n) is 7.34. The molecule has 2 aromatic carbocycles. The van der Waals surface area contributed by atoms with Gasteiger partial charge in [-0.1, -0.05) is 66.5 Å². The number of hydrogen-bond donors (Lipinski definition) is 1. The fourth-order valence-electron chi connectivity index (χ4n) is 2.48. The maximum atomic E-state index is 3.70. The number of aryl methyl sites for hydroxylation is 1. The minimum Gasteiger partial charge on any atom is -0.378 e. The maximum Gasteiger partial charge on any atom is 0.0511 e. The van der Waals surface area contributed by atoms with Gasteiger partial charge >= 0.3 is 0 Å². The first kappa shape index (κ1) is 15.1. The molecule has 0 saturated heterocycles. The van der Waals surface area contributed by atoms with E-state index < -0.39 is 0 Å². The zero-order chi connectivity index (χ0) is 14.4. The highest BCUT2D eigenvalue weighted by atomic mass is 79.9. The standard InChI is InChI=1S/C18H22BrN/c1-3-8-14-9-5-6-12-18(14)20-17(4-2)15-10-7-11-16(19)13-15/h5-7,9-13,17,20H,3-4,8H2,1-2H3. The average molecular weight is 332 g/mol. The molecule has 0 spiro atoms. The Labute approximate surface area is 130 Å². The molecule has 0 aliphatic rings. The number of nitrogens with one attached hydrogen (secondary N) is 1. The monoisotopic (exact) mass is 331 g/mol. The van der Waals surface area contributed by atoms with Crippen LogP contribution in [0.3, 0.4) is 0 Å². The first-order valence-corrected chi connectivity index (χ1v) is 8.13. The van der Waals surface area contributed by atoms with E-state index in [2.05, 4.69) is 83.6 Å². The molecule has 106 valence electrons. The summed E-state index contributed by atoms with van der Waals surface area (Å²) >= 11 is 3.56. The Bertz CT molecular complexity index is 551. The summed E-state index contributed by atoms with van der Waals surface area (Å²) in [5.74, 6) is 0.